The van der Waals surface area contributed by atoms with Crippen molar-refractivity contribution in [3.05, 3.63) is 10.6 Å². The van der Waals surface area contributed by atoms with Crippen LogP contribution in [0.25, 0.3) is 0 Å². The number of amides is 1. The molecule has 0 aromatic carbocycles. The van der Waals surface area contributed by atoms with Gasteiger partial charge in [0.05, 0.1) is 18.1 Å². The Morgan fingerprint density at radius 2 is 1.77 bits per heavy atom. The molecule has 0 saturated carbocycles. The van der Waals surface area contributed by atoms with E-state index in [-0.39, 0.29) is 28.8 Å². The number of carbonyl (C=O) groups excluding carboxylic acids is 1. The summed E-state index contributed by atoms with van der Waals surface area (Å²) in [4.78, 5) is 28.3. The molecule has 3 saturated heterocycles. The molecule has 4 aliphatic heterocycles. The van der Waals surface area contributed by atoms with E-state index in [0.29, 0.717) is 44.2 Å². The van der Waals surface area contributed by atoms with Crippen LogP contribution in [0.3, 0.4) is 0 Å². The number of carboxylic acids is 1. The van der Waals surface area contributed by atoms with Crippen molar-refractivity contribution in [3.63, 3.8) is 0 Å². The van der Waals surface area contributed by atoms with Gasteiger partial charge in [0.2, 0.25) is 5.91 Å². The molecule has 10 nitrogen and oxygen atoms in total. The van der Waals surface area contributed by atoms with Crippen LogP contribution in [0.1, 0.15) is 13.8 Å². The molecule has 4 heterocycles. The summed E-state index contributed by atoms with van der Waals surface area (Å²) in [6, 6.07) is -0.351. The molecule has 0 aromatic rings. The minimum Gasteiger partial charge on any atom is -0.477 e. The Balaban J connectivity index is 1.43. The lowest BCUT2D eigenvalue weighted by Gasteiger charge is -2.46. The van der Waals surface area contributed by atoms with Gasteiger partial charge in [-0.3, -0.25) is 4.79 Å². The van der Waals surface area contributed by atoms with Crippen LogP contribution in [-0.2, 0) is 19.8 Å². The molecule has 168 valence electrons. The first-order chi connectivity index (χ1) is 14.0. The minimum absolute atomic E-state index is 0.0141. The third-order valence-electron chi connectivity index (χ3n) is 6.53. The van der Waals surface area contributed by atoms with Crippen molar-refractivity contribution in [3.8, 4) is 0 Å². The summed E-state index contributed by atoms with van der Waals surface area (Å²) in [7, 11) is -1.53. The molecule has 4 rings (SSSR count). The molecule has 0 spiro atoms. The lowest BCUT2D eigenvalue weighted by molar-refractivity contribution is -0.163. The van der Waals surface area contributed by atoms with Crippen LogP contribution >= 0.6 is 11.8 Å². The molecule has 12 heteroatoms. The topological polar surface area (TPSA) is 122 Å². The summed E-state index contributed by atoms with van der Waals surface area (Å²) < 4.78 is 28.6. The van der Waals surface area contributed by atoms with Crippen LogP contribution in [0.5, 0.6) is 0 Å². The van der Waals surface area contributed by atoms with Crippen molar-refractivity contribution in [2.45, 2.75) is 31.2 Å². The Kier molecular flexibility index (Phi) is 5.69. The molecule has 0 unspecified atom stereocenters. The average molecular weight is 461 g/mol. The summed E-state index contributed by atoms with van der Waals surface area (Å²) in [6.07, 6.45) is -0.839. The van der Waals surface area contributed by atoms with Gasteiger partial charge in [0, 0.05) is 55.3 Å². The number of aliphatic carboxylic acids is 1. The number of rotatable bonds is 6. The van der Waals surface area contributed by atoms with Gasteiger partial charge >= 0.3 is 5.97 Å². The van der Waals surface area contributed by atoms with Crippen molar-refractivity contribution in [2.75, 3.05) is 46.3 Å². The SMILES string of the molecule is C[C@@H](O)[C@H]1C(=O)N2C(C(=O)O)=C(SC3CN(S(=O)(=O)N4CCN(C)CC4)C3)[C@H](C)[C@H]12. The van der Waals surface area contributed by atoms with Crippen LogP contribution in [0.15, 0.2) is 10.6 Å². The molecule has 0 aromatic heterocycles. The predicted molar refractivity (Wildman–Crippen MR) is 111 cm³/mol. The summed E-state index contributed by atoms with van der Waals surface area (Å²) >= 11 is 1.36. The van der Waals surface area contributed by atoms with Gasteiger partial charge in [-0.2, -0.15) is 17.0 Å². The number of carboxylic acid groups (broad SMARTS) is 1. The number of hydrogen-bond acceptors (Lipinski definition) is 7. The molecule has 0 radical (unpaired) electrons. The van der Waals surface area contributed by atoms with E-state index < -0.39 is 28.2 Å². The number of nitrogens with zero attached hydrogens (tertiary/aromatic N) is 4. The van der Waals surface area contributed by atoms with Crippen LogP contribution in [-0.4, -0.2) is 113 Å². The molecule has 0 aliphatic carbocycles. The lowest BCUT2D eigenvalue weighted by atomic mass is 9.79. The Morgan fingerprint density at radius 1 is 1.17 bits per heavy atom. The highest BCUT2D eigenvalue weighted by molar-refractivity contribution is 8.04. The van der Waals surface area contributed by atoms with Gasteiger partial charge in [0.25, 0.3) is 10.2 Å². The van der Waals surface area contributed by atoms with Crippen LogP contribution < -0.4 is 0 Å². The second-order valence-corrected chi connectivity index (χ2v) is 11.8. The van der Waals surface area contributed by atoms with E-state index >= 15 is 0 Å². The standard InChI is InChI=1S/C18H28N4O6S2/c1-10-14-13(11(2)23)17(24)22(14)15(18(25)26)16(10)29-12-8-21(9-12)30(27,28)20-6-4-19(3)5-7-20/h10-14,23H,4-9H2,1-3H3,(H,25,26)/t10-,11-,13-,14-/m1/s1. The number of β-lactam (4-membered cyclic amide) rings is 1. The van der Waals surface area contributed by atoms with E-state index in [4.69, 9.17) is 0 Å². The largest absolute Gasteiger partial charge is 0.477 e. The maximum atomic E-state index is 12.8. The Hall–Kier alpha value is -1.18. The van der Waals surface area contributed by atoms with Crippen molar-refractivity contribution in [2.24, 2.45) is 11.8 Å². The van der Waals surface area contributed by atoms with Crippen LogP contribution in [0.2, 0.25) is 0 Å². The molecule has 4 atom stereocenters. The fourth-order valence-corrected chi connectivity index (χ4v) is 8.10. The molecule has 1 amide bonds. The van der Waals surface area contributed by atoms with Gasteiger partial charge in [0.1, 0.15) is 5.70 Å². The zero-order valence-electron chi connectivity index (χ0n) is 17.3. The molecular weight excluding hydrogens is 432 g/mol. The van der Waals surface area contributed by atoms with E-state index in [2.05, 4.69) is 4.90 Å². The van der Waals surface area contributed by atoms with Crippen molar-refractivity contribution < 1.29 is 28.2 Å². The molecular formula is C18H28N4O6S2. The summed E-state index contributed by atoms with van der Waals surface area (Å²) in [5.41, 5.74) is -0.0141. The van der Waals surface area contributed by atoms with E-state index in [1.807, 2.05) is 14.0 Å². The first-order valence-electron chi connectivity index (χ1n) is 10.1. The number of piperazine rings is 1. The third-order valence-corrected chi connectivity index (χ3v) is 9.95. The third kappa shape index (κ3) is 3.37. The number of thioether (sulfide) groups is 1. The summed E-state index contributed by atoms with van der Waals surface area (Å²) in [5, 5.41) is 19.6. The predicted octanol–water partition coefficient (Wildman–Crippen LogP) is -0.950. The van der Waals surface area contributed by atoms with Gasteiger partial charge in [0.15, 0.2) is 0 Å². The normalized spacial score (nSPS) is 32.7. The number of aliphatic hydroxyl groups is 1. The molecule has 3 fully saturated rings. The van der Waals surface area contributed by atoms with E-state index in [0.717, 1.165) is 0 Å². The fraction of sp³-hybridized carbons (Fsp3) is 0.778. The quantitative estimate of drug-likeness (QED) is 0.487. The zero-order valence-corrected chi connectivity index (χ0v) is 18.9. The monoisotopic (exact) mass is 460 g/mol. The van der Waals surface area contributed by atoms with Crippen molar-refractivity contribution >= 4 is 33.8 Å². The first kappa shape index (κ1) is 22.0. The smallest absolute Gasteiger partial charge is 0.353 e. The van der Waals surface area contributed by atoms with E-state index in [1.54, 1.807) is 6.92 Å². The molecule has 30 heavy (non-hydrogen) atoms. The Morgan fingerprint density at radius 3 is 2.30 bits per heavy atom. The van der Waals surface area contributed by atoms with Gasteiger partial charge in [-0.15, -0.1) is 11.8 Å². The number of fused-ring (bicyclic) bond motifs is 1. The fourth-order valence-electron chi connectivity index (χ4n) is 4.70. The average Bonchev–Trinajstić information content (AvgIpc) is 2.86. The Labute approximate surface area is 180 Å². The number of hydrogen-bond donors (Lipinski definition) is 2. The van der Waals surface area contributed by atoms with Crippen molar-refractivity contribution in [1.29, 1.82) is 0 Å². The highest BCUT2D eigenvalue weighted by Gasteiger charge is 2.60. The second kappa shape index (κ2) is 7.75. The number of aliphatic hydroxyl groups excluding tert-OH is 1. The Bertz CT molecular complexity index is 877. The molecule has 0 bridgehead atoms. The maximum Gasteiger partial charge on any atom is 0.353 e. The van der Waals surface area contributed by atoms with E-state index in [1.165, 1.54) is 25.3 Å². The summed E-state index contributed by atoms with van der Waals surface area (Å²) in [6.45, 7) is 6.40. The van der Waals surface area contributed by atoms with Crippen LogP contribution in [0, 0.1) is 11.8 Å². The molecule has 2 N–H and O–H groups in total. The van der Waals surface area contributed by atoms with Crippen LogP contribution in [0.4, 0.5) is 0 Å². The number of carbonyl (C=O) groups is 2. The zero-order chi connectivity index (χ0) is 22.0. The van der Waals surface area contributed by atoms with Gasteiger partial charge in [-0.1, -0.05) is 6.92 Å². The maximum absolute atomic E-state index is 12.8. The van der Waals surface area contributed by atoms with Gasteiger partial charge in [-0.25, -0.2) is 4.79 Å². The summed E-state index contributed by atoms with van der Waals surface area (Å²) in [5.74, 6) is -2.32. The lowest BCUT2D eigenvalue weighted by Crippen LogP contribution is -2.63. The highest BCUT2D eigenvalue weighted by atomic mass is 32.2. The number of likely N-dealkylation sites (N-methyl/N-ethyl adjacent to an activating group) is 1. The first-order valence-corrected chi connectivity index (χ1v) is 12.4. The van der Waals surface area contributed by atoms with Gasteiger partial charge in [-0.05, 0) is 14.0 Å². The highest BCUT2D eigenvalue weighted by Crippen LogP contribution is 2.52. The second-order valence-electron chi connectivity index (χ2n) is 8.54. The van der Waals surface area contributed by atoms with E-state index in [9.17, 15) is 28.2 Å². The van der Waals surface area contributed by atoms with Gasteiger partial charge < -0.3 is 20.0 Å². The van der Waals surface area contributed by atoms with Crippen molar-refractivity contribution in [1.82, 2.24) is 18.4 Å². The minimum atomic E-state index is -3.50. The molecule has 4 aliphatic rings.